The largest absolute Gasteiger partial charge is 0.298 e. The van der Waals surface area contributed by atoms with E-state index in [0.717, 1.165) is 59.1 Å². The minimum atomic E-state index is -0.578. The number of hydrogen-bond acceptors (Lipinski definition) is 11. The highest BCUT2D eigenvalue weighted by atomic mass is 32.2. The molecule has 41 heavy (non-hydrogen) atoms. The van der Waals surface area contributed by atoms with Gasteiger partial charge in [-0.3, -0.25) is 51.5 Å². The number of thioether (sulfide) groups is 2. The van der Waals surface area contributed by atoms with E-state index in [2.05, 4.69) is 42.5 Å². The van der Waals surface area contributed by atoms with Crippen LogP contribution in [0.25, 0.3) is 0 Å². The molecule has 1 aromatic heterocycles. The first kappa shape index (κ1) is 31.7. The molecule has 19 heteroatoms. The normalized spacial score (nSPS) is 10.2. The van der Waals surface area contributed by atoms with Crippen molar-refractivity contribution in [2.75, 3.05) is 11.5 Å². The summed E-state index contributed by atoms with van der Waals surface area (Å²) >= 11 is 13.2. The molecule has 2 aromatic carbocycles. The third-order valence-corrected chi connectivity index (χ3v) is 7.94. The zero-order chi connectivity index (χ0) is 29.8. The number of nitrogens with zero attached hydrogens (tertiary/aromatic N) is 2. The molecule has 4 amide bonds. The van der Waals surface area contributed by atoms with Crippen molar-refractivity contribution in [1.82, 2.24) is 42.5 Å². The predicted octanol–water partition coefficient (Wildman–Crippen LogP) is 1.67. The molecule has 0 aliphatic carbocycles. The predicted molar refractivity (Wildman–Crippen MR) is 157 cm³/mol. The van der Waals surface area contributed by atoms with E-state index in [1.165, 1.54) is 24.3 Å². The van der Waals surface area contributed by atoms with Crippen LogP contribution in [0.15, 0.2) is 57.2 Å². The lowest BCUT2D eigenvalue weighted by Gasteiger charge is -2.10. The van der Waals surface area contributed by atoms with Crippen molar-refractivity contribution >= 4 is 93.1 Å². The summed E-state index contributed by atoms with van der Waals surface area (Å²) in [5.74, 6) is -3.16. The average molecular weight is 657 g/mol. The monoisotopic (exact) mass is 656 g/mol. The third kappa shape index (κ3) is 11.3. The fraction of sp³-hybridized carbons (Fsp3) is 0.0909. The van der Waals surface area contributed by atoms with Crippen LogP contribution >= 0.6 is 59.3 Å². The Morgan fingerprint density at radius 2 is 1.02 bits per heavy atom. The second-order valence-electron chi connectivity index (χ2n) is 7.34. The van der Waals surface area contributed by atoms with E-state index in [1.54, 1.807) is 0 Å². The SMILES string of the molecule is O=C(CSc1nnc(SCC(=O)NNC(=S)NC(=O)c2ccc(F)cc2)s1)NNC(=S)NC(=O)c1ccc(F)cc1. The molecule has 0 unspecified atom stereocenters. The molecule has 0 radical (unpaired) electrons. The molecule has 0 saturated carbocycles. The van der Waals surface area contributed by atoms with Gasteiger partial charge in [0.1, 0.15) is 11.6 Å². The van der Waals surface area contributed by atoms with Gasteiger partial charge in [-0.1, -0.05) is 34.9 Å². The smallest absolute Gasteiger partial charge is 0.257 e. The van der Waals surface area contributed by atoms with Gasteiger partial charge in [-0.15, -0.1) is 10.2 Å². The third-order valence-electron chi connectivity index (χ3n) is 4.34. The number of thiocarbonyl (C=S) groups is 2. The molecule has 0 atom stereocenters. The van der Waals surface area contributed by atoms with Crippen molar-refractivity contribution in [3.8, 4) is 0 Å². The van der Waals surface area contributed by atoms with Crippen LogP contribution in [0.2, 0.25) is 0 Å². The Kier molecular flexibility index (Phi) is 12.3. The van der Waals surface area contributed by atoms with Crippen molar-refractivity contribution in [2.45, 2.75) is 8.68 Å². The minimum absolute atomic E-state index is 0.0493. The molecule has 0 aliphatic rings. The first-order valence-corrected chi connectivity index (χ1v) is 14.6. The number of amides is 4. The molecule has 12 nitrogen and oxygen atoms in total. The van der Waals surface area contributed by atoms with Crippen LogP contribution < -0.4 is 32.3 Å². The molecule has 6 N–H and O–H groups in total. The highest BCUT2D eigenvalue weighted by Crippen LogP contribution is 2.28. The van der Waals surface area contributed by atoms with Gasteiger partial charge in [0.2, 0.25) is 11.8 Å². The van der Waals surface area contributed by atoms with Crippen LogP contribution in [0.1, 0.15) is 20.7 Å². The minimum Gasteiger partial charge on any atom is -0.298 e. The van der Waals surface area contributed by atoms with Crippen LogP contribution in [0, 0.1) is 11.6 Å². The summed E-state index contributed by atoms with van der Waals surface area (Å²) in [6.45, 7) is 0. The molecule has 3 aromatic rings. The van der Waals surface area contributed by atoms with E-state index < -0.39 is 35.3 Å². The lowest BCUT2D eigenvalue weighted by atomic mass is 10.2. The van der Waals surface area contributed by atoms with Gasteiger partial charge in [-0.05, 0) is 73.0 Å². The maximum atomic E-state index is 13.0. The maximum absolute atomic E-state index is 13.0. The van der Waals surface area contributed by atoms with Gasteiger partial charge in [0.05, 0.1) is 11.5 Å². The van der Waals surface area contributed by atoms with Crippen molar-refractivity contribution in [2.24, 2.45) is 0 Å². The molecule has 3 rings (SSSR count). The first-order chi connectivity index (χ1) is 19.6. The standard InChI is InChI=1S/C22H18F2N8O4S5/c23-13-5-1-11(2-6-13)17(35)25-19(37)29-27-15(33)9-39-21-31-32-22(41-21)40-10-16(34)28-30-20(38)26-18(36)12-3-7-14(24)8-4-12/h1-8H,9-10H2,(H,27,33)(H,28,34)(H2,25,29,35,37)(H2,26,30,36,38). The lowest BCUT2D eigenvalue weighted by Crippen LogP contribution is -2.49. The van der Waals surface area contributed by atoms with Crippen LogP contribution in [0.3, 0.4) is 0 Å². The van der Waals surface area contributed by atoms with Crippen molar-refractivity contribution in [3.63, 3.8) is 0 Å². The van der Waals surface area contributed by atoms with Gasteiger partial charge in [0.15, 0.2) is 18.9 Å². The zero-order valence-electron chi connectivity index (χ0n) is 20.4. The second-order valence-corrected chi connectivity index (χ2v) is 11.6. The molecule has 0 spiro atoms. The highest BCUT2D eigenvalue weighted by Gasteiger charge is 2.13. The molecule has 0 fully saturated rings. The Hall–Kier alpha value is -3.78. The van der Waals surface area contributed by atoms with Crippen molar-refractivity contribution < 1.29 is 28.0 Å². The topological polar surface area (TPSA) is 166 Å². The lowest BCUT2D eigenvalue weighted by molar-refractivity contribution is -0.119. The number of hydrazine groups is 2. The highest BCUT2D eigenvalue weighted by molar-refractivity contribution is 8.03. The van der Waals surface area contributed by atoms with Gasteiger partial charge in [0, 0.05) is 11.1 Å². The van der Waals surface area contributed by atoms with Crippen LogP contribution in [0.4, 0.5) is 8.78 Å². The van der Waals surface area contributed by atoms with Crippen molar-refractivity contribution in [3.05, 3.63) is 71.3 Å². The number of carbonyl (C=O) groups is 4. The van der Waals surface area contributed by atoms with Gasteiger partial charge in [-0.25, -0.2) is 8.78 Å². The fourth-order valence-corrected chi connectivity index (χ4v) is 5.42. The number of nitrogens with one attached hydrogen (secondary N) is 6. The Morgan fingerprint density at radius 1 is 0.659 bits per heavy atom. The Bertz CT molecular complexity index is 1330. The Balaban J connectivity index is 1.29. The number of benzene rings is 2. The van der Waals surface area contributed by atoms with E-state index in [1.807, 2.05) is 0 Å². The van der Waals surface area contributed by atoms with E-state index in [4.69, 9.17) is 24.4 Å². The van der Waals surface area contributed by atoms with Crippen LogP contribution in [-0.4, -0.2) is 55.6 Å². The average Bonchev–Trinajstić information content (AvgIpc) is 3.41. The molecular weight excluding hydrogens is 639 g/mol. The van der Waals surface area contributed by atoms with E-state index in [0.29, 0.717) is 8.68 Å². The van der Waals surface area contributed by atoms with Crippen LogP contribution in [0.5, 0.6) is 0 Å². The van der Waals surface area contributed by atoms with E-state index >= 15 is 0 Å². The maximum Gasteiger partial charge on any atom is 0.257 e. The molecule has 214 valence electrons. The summed E-state index contributed by atoms with van der Waals surface area (Å²) in [6, 6.07) is 9.68. The zero-order valence-corrected chi connectivity index (χ0v) is 24.4. The van der Waals surface area contributed by atoms with E-state index in [-0.39, 0.29) is 32.9 Å². The van der Waals surface area contributed by atoms with E-state index in [9.17, 15) is 28.0 Å². The summed E-state index contributed by atoms with van der Waals surface area (Å²) in [7, 11) is 0. The molecular formula is C22H18F2N8O4S5. The number of hydrogen-bond donors (Lipinski definition) is 6. The Labute approximate surface area is 254 Å². The molecule has 0 aliphatic heterocycles. The van der Waals surface area contributed by atoms with Crippen LogP contribution in [-0.2, 0) is 9.59 Å². The Morgan fingerprint density at radius 3 is 1.39 bits per heavy atom. The number of halogens is 2. The van der Waals surface area contributed by atoms with Gasteiger partial charge < -0.3 is 0 Å². The fourth-order valence-electron chi connectivity index (χ4n) is 2.51. The first-order valence-electron chi connectivity index (χ1n) is 11.0. The number of rotatable bonds is 8. The molecule has 0 bridgehead atoms. The second kappa shape index (κ2) is 15.9. The summed E-state index contributed by atoms with van der Waals surface area (Å²) in [4.78, 5) is 48.2. The van der Waals surface area contributed by atoms with Gasteiger partial charge >= 0.3 is 0 Å². The quantitative estimate of drug-likeness (QED) is 0.118. The molecule has 0 saturated heterocycles. The summed E-state index contributed by atoms with van der Waals surface area (Å²) < 4.78 is 26.9. The number of carbonyl (C=O) groups excluding carboxylic acids is 4. The summed E-state index contributed by atoms with van der Waals surface area (Å²) in [5, 5.41) is 12.3. The van der Waals surface area contributed by atoms with Crippen molar-refractivity contribution in [1.29, 1.82) is 0 Å². The number of aromatic nitrogens is 2. The summed E-state index contributed by atoms with van der Waals surface area (Å²) in [6.07, 6.45) is 0. The molecule has 1 heterocycles. The summed E-state index contributed by atoms with van der Waals surface area (Å²) in [5.41, 5.74) is 9.80. The van der Waals surface area contributed by atoms with Gasteiger partial charge in [-0.2, -0.15) is 0 Å². The van der Waals surface area contributed by atoms with Gasteiger partial charge in [0.25, 0.3) is 11.8 Å².